The van der Waals surface area contributed by atoms with E-state index in [1.807, 2.05) is 54.6 Å². The van der Waals surface area contributed by atoms with Gasteiger partial charge in [-0.25, -0.2) is 9.78 Å². The Morgan fingerprint density at radius 1 is 1.00 bits per heavy atom. The molecule has 2 N–H and O–H groups in total. The van der Waals surface area contributed by atoms with Gasteiger partial charge in [-0.2, -0.15) is 0 Å². The normalized spacial score (nSPS) is 10.7. The van der Waals surface area contributed by atoms with Gasteiger partial charge in [-0.3, -0.25) is 0 Å². The number of ether oxygens (including phenoxy) is 2. The molecule has 0 saturated carbocycles. The molecule has 2 amide bonds. The van der Waals surface area contributed by atoms with Crippen molar-refractivity contribution in [1.82, 2.24) is 14.9 Å². The molecule has 0 spiro atoms. The molecule has 1 heterocycles. The van der Waals surface area contributed by atoms with E-state index in [1.165, 1.54) is 14.2 Å². The third-order valence-corrected chi connectivity index (χ3v) is 5.32. The Bertz CT molecular complexity index is 1240. The van der Waals surface area contributed by atoms with Crippen molar-refractivity contribution in [1.29, 1.82) is 0 Å². The lowest BCUT2D eigenvalue weighted by atomic mass is 10.2. The Labute approximate surface area is 190 Å². The molecule has 0 aliphatic carbocycles. The van der Waals surface area contributed by atoms with E-state index in [0.29, 0.717) is 35.3 Å². The third-order valence-electron chi connectivity index (χ3n) is 5.03. The van der Waals surface area contributed by atoms with Crippen molar-refractivity contribution in [3.63, 3.8) is 0 Å². The van der Waals surface area contributed by atoms with Gasteiger partial charge < -0.3 is 24.7 Å². The van der Waals surface area contributed by atoms with Crippen molar-refractivity contribution in [3.8, 4) is 22.9 Å². The number of imidazole rings is 1. The van der Waals surface area contributed by atoms with Crippen molar-refractivity contribution < 1.29 is 14.3 Å². The first-order chi connectivity index (χ1) is 15.6. The minimum atomic E-state index is -0.366. The molecule has 1 aromatic heterocycles. The molecule has 0 fully saturated rings. The molecule has 164 valence electrons. The van der Waals surface area contributed by atoms with Crippen LogP contribution in [0.5, 0.6) is 11.5 Å². The molecular formula is C24H23ClN4O3. The predicted octanol–water partition coefficient (Wildman–Crippen LogP) is 5.20. The topological polar surface area (TPSA) is 77.4 Å². The second-order valence-electron chi connectivity index (χ2n) is 7.01. The van der Waals surface area contributed by atoms with Gasteiger partial charge >= 0.3 is 6.03 Å². The van der Waals surface area contributed by atoms with E-state index in [-0.39, 0.29) is 6.03 Å². The van der Waals surface area contributed by atoms with Crippen molar-refractivity contribution in [2.45, 2.75) is 6.54 Å². The zero-order valence-electron chi connectivity index (χ0n) is 17.8. The average Bonchev–Trinajstić information content (AvgIpc) is 3.18. The van der Waals surface area contributed by atoms with E-state index >= 15 is 0 Å². The van der Waals surface area contributed by atoms with E-state index in [0.717, 1.165) is 22.4 Å². The number of halogens is 1. The van der Waals surface area contributed by atoms with Crippen LogP contribution in [0, 0.1) is 0 Å². The maximum atomic E-state index is 12.5. The highest BCUT2D eigenvalue weighted by Crippen LogP contribution is 2.35. The number of fused-ring (bicyclic) bond motifs is 1. The van der Waals surface area contributed by atoms with Gasteiger partial charge in [0, 0.05) is 24.7 Å². The number of aromatic nitrogens is 2. The summed E-state index contributed by atoms with van der Waals surface area (Å²) in [6.45, 7) is 0.955. The van der Waals surface area contributed by atoms with Crippen molar-refractivity contribution >= 4 is 34.4 Å². The number of hydrogen-bond acceptors (Lipinski definition) is 4. The quantitative estimate of drug-likeness (QED) is 0.406. The van der Waals surface area contributed by atoms with Crippen molar-refractivity contribution in [2.24, 2.45) is 0 Å². The second-order valence-corrected chi connectivity index (χ2v) is 7.42. The molecule has 0 aliphatic heterocycles. The number of anilines is 1. The Balaban J connectivity index is 1.48. The fraction of sp³-hybridized carbons (Fsp3) is 0.167. The van der Waals surface area contributed by atoms with Crippen LogP contribution in [0.25, 0.3) is 22.4 Å². The number of amides is 2. The lowest BCUT2D eigenvalue weighted by molar-refractivity contribution is 0.251. The van der Waals surface area contributed by atoms with Crippen molar-refractivity contribution in [3.05, 3.63) is 71.8 Å². The van der Waals surface area contributed by atoms with Crippen LogP contribution in [0.3, 0.4) is 0 Å². The number of methoxy groups -OCH3 is 2. The first-order valence-corrected chi connectivity index (χ1v) is 10.5. The Kier molecular flexibility index (Phi) is 6.47. The summed E-state index contributed by atoms with van der Waals surface area (Å²) in [5.74, 6) is 1.78. The maximum absolute atomic E-state index is 12.5. The molecule has 3 aromatic carbocycles. The molecule has 32 heavy (non-hydrogen) atoms. The predicted molar refractivity (Wildman–Crippen MR) is 127 cm³/mol. The molecule has 0 unspecified atom stereocenters. The van der Waals surface area contributed by atoms with E-state index in [4.69, 9.17) is 26.1 Å². The van der Waals surface area contributed by atoms with E-state index in [2.05, 4.69) is 15.2 Å². The molecule has 0 radical (unpaired) electrons. The lowest BCUT2D eigenvalue weighted by Gasteiger charge is -2.14. The summed E-state index contributed by atoms with van der Waals surface area (Å²) in [6, 6.07) is 20.8. The highest BCUT2D eigenvalue weighted by Gasteiger charge is 2.14. The lowest BCUT2D eigenvalue weighted by Crippen LogP contribution is -2.31. The van der Waals surface area contributed by atoms with E-state index in [9.17, 15) is 4.79 Å². The molecule has 0 bridgehead atoms. The SMILES string of the molecule is COc1cc(OC)c(NC(=O)NCCn2c(-c3ccccc3)nc3ccccc32)cc1Cl. The summed E-state index contributed by atoms with van der Waals surface area (Å²) < 4.78 is 12.6. The Hall–Kier alpha value is -3.71. The largest absolute Gasteiger partial charge is 0.495 e. The average molecular weight is 451 g/mol. The molecule has 0 saturated heterocycles. The highest BCUT2D eigenvalue weighted by molar-refractivity contribution is 6.32. The van der Waals surface area contributed by atoms with Gasteiger partial charge in [-0.05, 0) is 18.2 Å². The van der Waals surface area contributed by atoms with Gasteiger partial charge in [-0.15, -0.1) is 0 Å². The minimum Gasteiger partial charge on any atom is -0.495 e. The van der Waals surface area contributed by atoms with Gasteiger partial charge in [0.25, 0.3) is 0 Å². The second kappa shape index (κ2) is 9.62. The summed E-state index contributed by atoms with van der Waals surface area (Å²) >= 11 is 6.18. The molecule has 4 aromatic rings. The number of rotatable bonds is 7. The van der Waals surface area contributed by atoms with Crippen LogP contribution < -0.4 is 20.1 Å². The van der Waals surface area contributed by atoms with Crippen LogP contribution >= 0.6 is 11.6 Å². The summed E-state index contributed by atoms with van der Waals surface area (Å²) in [5, 5.41) is 6.04. The zero-order chi connectivity index (χ0) is 22.5. The van der Waals surface area contributed by atoms with Crippen molar-refractivity contribution in [2.75, 3.05) is 26.1 Å². The number of carbonyl (C=O) groups is 1. The Morgan fingerprint density at radius 3 is 2.47 bits per heavy atom. The van der Waals surface area contributed by atoms with Gasteiger partial charge in [0.1, 0.15) is 17.3 Å². The minimum absolute atomic E-state index is 0.366. The monoisotopic (exact) mass is 450 g/mol. The number of carbonyl (C=O) groups excluding carboxylic acids is 1. The summed E-state index contributed by atoms with van der Waals surface area (Å²) in [7, 11) is 3.03. The molecular weight excluding hydrogens is 428 g/mol. The molecule has 4 rings (SSSR count). The number of benzene rings is 3. The van der Waals surface area contributed by atoms with Gasteiger partial charge in [0.05, 0.1) is 36.0 Å². The van der Waals surface area contributed by atoms with Crippen LogP contribution in [-0.4, -0.2) is 36.3 Å². The van der Waals surface area contributed by atoms with Gasteiger partial charge in [0.2, 0.25) is 0 Å². The summed E-state index contributed by atoms with van der Waals surface area (Å²) in [6.07, 6.45) is 0. The maximum Gasteiger partial charge on any atom is 0.319 e. The molecule has 7 nitrogen and oxygen atoms in total. The summed E-state index contributed by atoms with van der Waals surface area (Å²) in [4.78, 5) is 17.3. The fourth-order valence-electron chi connectivity index (χ4n) is 3.51. The number of hydrogen-bond donors (Lipinski definition) is 2. The van der Waals surface area contributed by atoms with Crippen LogP contribution in [0.15, 0.2) is 66.7 Å². The van der Waals surface area contributed by atoms with Crippen LogP contribution in [0.2, 0.25) is 5.02 Å². The van der Waals surface area contributed by atoms with Crippen LogP contribution in [0.4, 0.5) is 10.5 Å². The Morgan fingerprint density at radius 2 is 1.72 bits per heavy atom. The first kappa shape index (κ1) is 21.5. The van der Waals surface area contributed by atoms with Crippen LogP contribution in [-0.2, 0) is 6.54 Å². The number of para-hydroxylation sites is 2. The zero-order valence-corrected chi connectivity index (χ0v) is 18.5. The molecule has 8 heteroatoms. The first-order valence-electron chi connectivity index (χ1n) is 10.1. The van der Waals surface area contributed by atoms with E-state index < -0.39 is 0 Å². The molecule has 0 aliphatic rings. The highest BCUT2D eigenvalue weighted by atomic mass is 35.5. The standard InChI is InChI=1S/C24H23ClN4O3/c1-31-21-15-22(32-2)19(14-17(21)25)28-24(30)26-12-13-29-20-11-7-6-10-18(20)27-23(29)16-8-4-3-5-9-16/h3-11,14-15H,12-13H2,1-2H3,(H2,26,28,30). The van der Waals surface area contributed by atoms with Gasteiger partial charge in [0.15, 0.2) is 0 Å². The van der Waals surface area contributed by atoms with Gasteiger partial charge in [-0.1, -0.05) is 54.1 Å². The van der Waals surface area contributed by atoms with E-state index in [1.54, 1.807) is 12.1 Å². The fourth-order valence-corrected chi connectivity index (χ4v) is 3.76. The third kappa shape index (κ3) is 4.48. The number of nitrogens with zero attached hydrogens (tertiary/aromatic N) is 2. The van der Waals surface area contributed by atoms with Crippen LogP contribution in [0.1, 0.15) is 0 Å². The summed E-state index contributed by atoms with van der Waals surface area (Å²) in [5.41, 5.74) is 3.39. The molecule has 0 atom stereocenters. The number of urea groups is 1. The smallest absolute Gasteiger partial charge is 0.319 e. The number of nitrogens with one attached hydrogen (secondary N) is 2.